The number of ether oxygens (including phenoxy) is 1. The fourth-order valence-corrected chi connectivity index (χ4v) is 0.675. The first-order valence-electron chi connectivity index (χ1n) is 3.87. The zero-order chi connectivity index (χ0) is 9.78. The summed E-state index contributed by atoms with van der Waals surface area (Å²) in [4.78, 5) is 11.1. The van der Waals surface area contributed by atoms with Crippen LogP contribution in [0.2, 0.25) is 0 Å². The number of esters is 1. The van der Waals surface area contributed by atoms with Crippen molar-refractivity contribution in [3.63, 3.8) is 0 Å². The predicted octanol–water partition coefficient (Wildman–Crippen LogP) is 2.39. The van der Waals surface area contributed by atoms with E-state index >= 15 is 0 Å². The average molecular weight is 172 g/mol. The van der Waals surface area contributed by atoms with Gasteiger partial charge in [-0.25, -0.2) is 0 Å². The molecule has 3 heteroatoms. The van der Waals surface area contributed by atoms with Crippen LogP contribution in [0.15, 0.2) is 12.0 Å². The third kappa shape index (κ3) is 5.77. The molecule has 0 saturated carbocycles. The Bertz CT molecular complexity index is 186. The maximum Gasteiger partial charge on any atom is 0.311 e. The molecule has 0 aliphatic carbocycles. The Morgan fingerprint density at radius 3 is 2.33 bits per heavy atom. The quantitative estimate of drug-likeness (QED) is 0.514. The minimum absolute atomic E-state index is 0.0766. The maximum atomic E-state index is 11.1. The van der Waals surface area contributed by atoms with Gasteiger partial charge in [-0.3, -0.25) is 4.79 Å². The summed E-state index contributed by atoms with van der Waals surface area (Å²) >= 11 is 0. The number of hydrogen-bond donors (Lipinski definition) is 1. The smallest absolute Gasteiger partial charge is 0.311 e. The molecule has 0 saturated heterocycles. The Morgan fingerprint density at radius 1 is 1.50 bits per heavy atom. The van der Waals surface area contributed by atoms with Gasteiger partial charge in [0.1, 0.15) is 12.0 Å². The van der Waals surface area contributed by atoms with Crippen LogP contribution in [0.3, 0.4) is 0 Å². The molecule has 0 heterocycles. The highest BCUT2D eigenvalue weighted by Gasteiger charge is 2.17. The molecule has 12 heavy (non-hydrogen) atoms. The van der Waals surface area contributed by atoms with Gasteiger partial charge in [0.05, 0.1) is 6.42 Å². The second-order valence-corrected chi connectivity index (χ2v) is 3.95. The zero-order valence-electron chi connectivity index (χ0n) is 8.05. The fourth-order valence-electron chi connectivity index (χ4n) is 0.675. The van der Waals surface area contributed by atoms with Crippen molar-refractivity contribution >= 4 is 5.97 Å². The summed E-state index contributed by atoms with van der Waals surface area (Å²) in [6.45, 7) is 7.38. The van der Waals surface area contributed by atoms with Crippen molar-refractivity contribution in [3.8, 4) is 0 Å². The standard InChI is InChI=1S/C9H16O3/c1-7(6-10)12-8(11)5-9(2,3)4/h6,10H,5H2,1-4H3/b7-6-. The summed E-state index contributed by atoms with van der Waals surface area (Å²) in [5.74, 6) is -0.0884. The van der Waals surface area contributed by atoms with Crippen molar-refractivity contribution in [1.29, 1.82) is 0 Å². The highest BCUT2D eigenvalue weighted by Crippen LogP contribution is 2.19. The van der Waals surface area contributed by atoms with Crippen LogP contribution in [-0.4, -0.2) is 11.1 Å². The molecule has 0 aromatic heterocycles. The van der Waals surface area contributed by atoms with Crippen molar-refractivity contribution < 1.29 is 14.6 Å². The van der Waals surface area contributed by atoms with E-state index in [1.54, 1.807) is 0 Å². The molecule has 0 aromatic rings. The third-order valence-electron chi connectivity index (χ3n) is 1.13. The monoisotopic (exact) mass is 172 g/mol. The zero-order valence-corrected chi connectivity index (χ0v) is 8.05. The average Bonchev–Trinajstić information content (AvgIpc) is 1.82. The molecule has 0 amide bonds. The molecule has 0 bridgehead atoms. The number of rotatable bonds is 2. The predicted molar refractivity (Wildman–Crippen MR) is 46.5 cm³/mol. The lowest BCUT2D eigenvalue weighted by Crippen LogP contribution is -2.14. The van der Waals surface area contributed by atoms with Crippen LogP contribution < -0.4 is 0 Å². The Kier molecular flexibility index (Phi) is 3.80. The van der Waals surface area contributed by atoms with E-state index in [0.717, 1.165) is 6.26 Å². The number of aliphatic hydroxyl groups is 1. The molecular weight excluding hydrogens is 156 g/mol. The van der Waals surface area contributed by atoms with E-state index in [0.29, 0.717) is 6.42 Å². The van der Waals surface area contributed by atoms with E-state index in [1.807, 2.05) is 20.8 Å². The van der Waals surface area contributed by atoms with Crippen molar-refractivity contribution in [1.82, 2.24) is 0 Å². The van der Waals surface area contributed by atoms with Crippen molar-refractivity contribution in [3.05, 3.63) is 12.0 Å². The summed E-state index contributed by atoms with van der Waals surface area (Å²) in [5.41, 5.74) is -0.0766. The molecule has 0 rings (SSSR count). The van der Waals surface area contributed by atoms with Crippen LogP contribution in [0.25, 0.3) is 0 Å². The van der Waals surface area contributed by atoms with Gasteiger partial charge in [-0.05, 0) is 12.3 Å². The van der Waals surface area contributed by atoms with Crippen molar-refractivity contribution in [2.75, 3.05) is 0 Å². The molecule has 70 valence electrons. The van der Waals surface area contributed by atoms with Crippen LogP contribution in [0, 0.1) is 5.41 Å². The largest absolute Gasteiger partial charge is 0.512 e. The number of hydrogen-bond acceptors (Lipinski definition) is 3. The Balaban J connectivity index is 3.92. The molecule has 3 nitrogen and oxygen atoms in total. The normalized spacial score (nSPS) is 12.8. The topological polar surface area (TPSA) is 46.5 Å². The van der Waals surface area contributed by atoms with E-state index in [1.165, 1.54) is 6.92 Å². The molecule has 0 fully saturated rings. The minimum Gasteiger partial charge on any atom is -0.512 e. The van der Waals surface area contributed by atoms with Gasteiger partial charge < -0.3 is 9.84 Å². The van der Waals surface area contributed by atoms with Crippen molar-refractivity contribution in [2.24, 2.45) is 5.41 Å². The van der Waals surface area contributed by atoms with Crippen LogP contribution in [0.5, 0.6) is 0 Å². The SMILES string of the molecule is C/C(=C/O)OC(=O)CC(C)(C)C. The van der Waals surface area contributed by atoms with Gasteiger partial charge in [0.2, 0.25) is 0 Å². The summed E-state index contributed by atoms with van der Waals surface area (Å²) < 4.78 is 4.75. The molecular formula is C9H16O3. The van der Waals surface area contributed by atoms with Crippen LogP contribution >= 0.6 is 0 Å². The summed E-state index contributed by atoms with van der Waals surface area (Å²) in [6.07, 6.45) is 1.12. The summed E-state index contributed by atoms with van der Waals surface area (Å²) in [5, 5.41) is 8.44. The lowest BCUT2D eigenvalue weighted by Gasteiger charge is -2.16. The Morgan fingerprint density at radius 2 is 2.00 bits per heavy atom. The first-order chi connectivity index (χ1) is 5.35. The second kappa shape index (κ2) is 4.14. The van der Waals surface area contributed by atoms with Gasteiger partial charge in [-0.15, -0.1) is 0 Å². The highest BCUT2D eigenvalue weighted by molar-refractivity contribution is 5.71. The van der Waals surface area contributed by atoms with Gasteiger partial charge in [-0.1, -0.05) is 20.8 Å². The van der Waals surface area contributed by atoms with Gasteiger partial charge in [0, 0.05) is 0 Å². The summed E-state index contributed by atoms with van der Waals surface area (Å²) in [6, 6.07) is 0. The molecule has 0 unspecified atom stereocenters. The van der Waals surface area contributed by atoms with Gasteiger partial charge in [0.25, 0.3) is 0 Å². The summed E-state index contributed by atoms with van der Waals surface area (Å²) in [7, 11) is 0. The second-order valence-electron chi connectivity index (χ2n) is 3.95. The Hall–Kier alpha value is -0.990. The first-order valence-corrected chi connectivity index (χ1v) is 3.87. The number of aliphatic hydroxyl groups excluding tert-OH is 1. The van der Waals surface area contributed by atoms with Crippen molar-refractivity contribution in [2.45, 2.75) is 34.1 Å². The van der Waals surface area contributed by atoms with E-state index < -0.39 is 0 Å². The van der Waals surface area contributed by atoms with E-state index in [9.17, 15) is 4.79 Å². The van der Waals surface area contributed by atoms with E-state index in [-0.39, 0.29) is 17.1 Å². The molecule has 0 spiro atoms. The number of carbonyl (C=O) groups excluding carboxylic acids is 1. The number of allylic oxidation sites excluding steroid dienone is 1. The lowest BCUT2D eigenvalue weighted by molar-refractivity contribution is -0.141. The molecule has 0 aliphatic rings. The lowest BCUT2D eigenvalue weighted by atomic mass is 9.92. The molecule has 0 radical (unpaired) electrons. The third-order valence-corrected chi connectivity index (χ3v) is 1.13. The van der Waals surface area contributed by atoms with Gasteiger partial charge >= 0.3 is 5.97 Å². The molecule has 0 aromatic carbocycles. The minimum atomic E-state index is -0.315. The molecule has 0 aliphatic heterocycles. The van der Waals surface area contributed by atoms with E-state index in [2.05, 4.69) is 0 Å². The Labute approximate surface area is 73.0 Å². The highest BCUT2D eigenvalue weighted by atomic mass is 16.5. The fraction of sp³-hybridized carbons (Fsp3) is 0.667. The van der Waals surface area contributed by atoms with Crippen LogP contribution in [-0.2, 0) is 9.53 Å². The first kappa shape index (κ1) is 11.0. The maximum absolute atomic E-state index is 11.1. The number of carbonyl (C=O) groups is 1. The van der Waals surface area contributed by atoms with Gasteiger partial charge in [-0.2, -0.15) is 0 Å². The molecule has 0 atom stereocenters. The van der Waals surface area contributed by atoms with Crippen LogP contribution in [0.1, 0.15) is 34.1 Å². The van der Waals surface area contributed by atoms with E-state index in [4.69, 9.17) is 9.84 Å². The van der Waals surface area contributed by atoms with Crippen LogP contribution in [0.4, 0.5) is 0 Å². The van der Waals surface area contributed by atoms with Gasteiger partial charge in [0.15, 0.2) is 0 Å². The molecule has 1 N–H and O–H groups in total.